The molecule has 0 bridgehead atoms. The molecule has 0 aliphatic rings. The van der Waals surface area contributed by atoms with Gasteiger partial charge in [-0.05, 0) is 24.6 Å². The van der Waals surface area contributed by atoms with Gasteiger partial charge in [-0.3, -0.25) is 0 Å². The van der Waals surface area contributed by atoms with Crippen molar-refractivity contribution in [3.8, 4) is 0 Å². The van der Waals surface area contributed by atoms with Crippen molar-refractivity contribution in [2.75, 3.05) is 17.6 Å². The Kier molecular flexibility index (Phi) is 3.75. The highest BCUT2D eigenvalue weighted by Gasteiger charge is 2.02. The van der Waals surface area contributed by atoms with E-state index < -0.39 is 0 Å². The van der Waals surface area contributed by atoms with E-state index in [1.165, 1.54) is 12.8 Å². The van der Waals surface area contributed by atoms with Crippen molar-refractivity contribution in [2.24, 2.45) is 0 Å². The minimum absolute atomic E-state index is 0.740. The Morgan fingerprint density at radius 3 is 2.94 bits per heavy atom. The average molecular weight is 230 g/mol. The normalized spacial score (nSPS) is 10.6. The number of nitrogens with two attached hydrogens (primary N) is 1. The first kappa shape index (κ1) is 11.6. The molecule has 2 aromatic rings. The zero-order valence-corrected chi connectivity index (χ0v) is 10.1. The van der Waals surface area contributed by atoms with E-state index >= 15 is 0 Å². The number of nitrogen functional groups attached to an aromatic ring is 1. The fourth-order valence-corrected chi connectivity index (χ4v) is 1.80. The Balaban J connectivity index is 2.18. The van der Waals surface area contributed by atoms with Gasteiger partial charge in [0, 0.05) is 17.6 Å². The lowest BCUT2D eigenvalue weighted by Crippen LogP contribution is -2.04. The summed E-state index contributed by atoms with van der Waals surface area (Å²) in [5.74, 6) is 0.874. The molecule has 17 heavy (non-hydrogen) atoms. The minimum atomic E-state index is 0.740. The van der Waals surface area contributed by atoms with Crippen LogP contribution >= 0.6 is 0 Å². The number of nitrogens with zero attached hydrogens (tertiary/aromatic N) is 2. The molecule has 0 fully saturated rings. The summed E-state index contributed by atoms with van der Waals surface area (Å²) in [5.41, 5.74) is 7.45. The quantitative estimate of drug-likeness (QED) is 0.612. The van der Waals surface area contributed by atoms with Crippen molar-refractivity contribution in [3.05, 3.63) is 24.5 Å². The number of anilines is 2. The summed E-state index contributed by atoms with van der Waals surface area (Å²) in [4.78, 5) is 8.49. The first-order valence-electron chi connectivity index (χ1n) is 6.05. The van der Waals surface area contributed by atoms with Crippen LogP contribution in [0.1, 0.15) is 26.2 Å². The van der Waals surface area contributed by atoms with E-state index in [0.29, 0.717) is 0 Å². The number of benzene rings is 1. The number of unbranched alkanes of at least 4 members (excludes halogenated alkanes) is 2. The Hall–Kier alpha value is -1.84. The lowest BCUT2D eigenvalue weighted by atomic mass is 10.2. The van der Waals surface area contributed by atoms with Gasteiger partial charge in [0.15, 0.2) is 0 Å². The monoisotopic (exact) mass is 230 g/mol. The molecular formula is C13H18N4. The molecule has 0 saturated carbocycles. The van der Waals surface area contributed by atoms with Crippen molar-refractivity contribution in [1.82, 2.24) is 9.97 Å². The number of nitrogens with one attached hydrogen (secondary N) is 1. The molecule has 0 atom stereocenters. The van der Waals surface area contributed by atoms with Crippen molar-refractivity contribution >= 4 is 22.4 Å². The molecule has 0 aliphatic carbocycles. The van der Waals surface area contributed by atoms with E-state index in [2.05, 4.69) is 22.2 Å². The third-order valence-corrected chi connectivity index (χ3v) is 2.73. The fraction of sp³-hybridized carbons (Fsp3) is 0.385. The van der Waals surface area contributed by atoms with Gasteiger partial charge < -0.3 is 11.1 Å². The van der Waals surface area contributed by atoms with Crippen LogP contribution in [0.25, 0.3) is 10.9 Å². The molecule has 1 aromatic heterocycles. The Bertz CT molecular complexity index is 496. The van der Waals surface area contributed by atoms with Crippen LogP contribution in [0.5, 0.6) is 0 Å². The first-order chi connectivity index (χ1) is 8.31. The zero-order chi connectivity index (χ0) is 12.1. The average Bonchev–Trinajstić information content (AvgIpc) is 2.35. The molecule has 0 saturated heterocycles. The summed E-state index contributed by atoms with van der Waals surface area (Å²) >= 11 is 0. The van der Waals surface area contributed by atoms with Crippen molar-refractivity contribution in [3.63, 3.8) is 0 Å². The molecule has 90 valence electrons. The summed E-state index contributed by atoms with van der Waals surface area (Å²) in [6, 6.07) is 5.69. The standard InChI is InChI=1S/C13H18N4/c1-2-3-4-7-15-13-11-8-10(14)5-6-12(11)16-9-17-13/h5-6,8-9H,2-4,7,14H2,1H3,(H,15,16,17). The molecule has 3 N–H and O–H groups in total. The molecule has 1 heterocycles. The van der Waals surface area contributed by atoms with Crippen molar-refractivity contribution < 1.29 is 0 Å². The molecule has 0 unspecified atom stereocenters. The predicted molar refractivity (Wildman–Crippen MR) is 72.0 cm³/mol. The lowest BCUT2D eigenvalue weighted by Gasteiger charge is -2.08. The SMILES string of the molecule is CCCCCNc1ncnc2ccc(N)cc12. The van der Waals surface area contributed by atoms with Crippen LogP contribution in [0.4, 0.5) is 11.5 Å². The minimum Gasteiger partial charge on any atom is -0.399 e. The van der Waals surface area contributed by atoms with Crippen LogP contribution in [0, 0.1) is 0 Å². The second kappa shape index (κ2) is 5.48. The molecular weight excluding hydrogens is 212 g/mol. The molecule has 4 heteroatoms. The van der Waals surface area contributed by atoms with Crippen LogP contribution in [-0.2, 0) is 0 Å². The van der Waals surface area contributed by atoms with Gasteiger partial charge in [-0.25, -0.2) is 9.97 Å². The number of fused-ring (bicyclic) bond motifs is 1. The molecule has 1 aromatic carbocycles. The topological polar surface area (TPSA) is 63.8 Å². The first-order valence-corrected chi connectivity index (χ1v) is 6.05. The van der Waals surface area contributed by atoms with Gasteiger partial charge in [0.05, 0.1) is 5.52 Å². The summed E-state index contributed by atoms with van der Waals surface area (Å²) < 4.78 is 0. The van der Waals surface area contributed by atoms with Gasteiger partial charge >= 0.3 is 0 Å². The molecule has 0 radical (unpaired) electrons. The highest BCUT2D eigenvalue weighted by molar-refractivity contribution is 5.91. The van der Waals surface area contributed by atoms with Crippen LogP contribution in [0.2, 0.25) is 0 Å². The lowest BCUT2D eigenvalue weighted by molar-refractivity contribution is 0.742. The predicted octanol–water partition coefficient (Wildman–Crippen LogP) is 2.81. The highest BCUT2D eigenvalue weighted by atomic mass is 15.0. The summed E-state index contributed by atoms with van der Waals surface area (Å²) in [6.45, 7) is 3.13. The molecule has 0 aliphatic heterocycles. The van der Waals surface area contributed by atoms with Crippen molar-refractivity contribution in [2.45, 2.75) is 26.2 Å². The number of hydrogen-bond acceptors (Lipinski definition) is 4. The van der Waals surface area contributed by atoms with E-state index in [4.69, 9.17) is 5.73 Å². The third-order valence-electron chi connectivity index (χ3n) is 2.73. The summed E-state index contributed by atoms with van der Waals surface area (Å²) in [7, 11) is 0. The second-order valence-electron chi connectivity index (χ2n) is 4.13. The fourth-order valence-electron chi connectivity index (χ4n) is 1.80. The second-order valence-corrected chi connectivity index (χ2v) is 4.13. The van der Waals surface area contributed by atoms with Gasteiger partial charge in [0.1, 0.15) is 12.1 Å². The summed E-state index contributed by atoms with van der Waals surface area (Å²) in [6.07, 6.45) is 5.20. The third kappa shape index (κ3) is 2.84. The van der Waals surface area contributed by atoms with Crippen LogP contribution in [0.3, 0.4) is 0 Å². The van der Waals surface area contributed by atoms with E-state index in [-0.39, 0.29) is 0 Å². The van der Waals surface area contributed by atoms with E-state index in [9.17, 15) is 0 Å². The van der Waals surface area contributed by atoms with Gasteiger partial charge in [0.25, 0.3) is 0 Å². The Morgan fingerprint density at radius 2 is 2.12 bits per heavy atom. The van der Waals surface area contributed by atoms with Gasteiger partial charge in [-0.1, -0.05) is 19.8 Å². The van der Waals surface area contributed by atoms with Crippen LogP contribution in [-0.4, -0.2) is 16.5 Å². The largest absolute Gasteiger partial charge is 0.399 e. The number of aromatic nitrogens is 2. The highest BCUT2D eigenvalue weighted by Crippen LogP contribution is 2.21. The Morgan fingerprint density at radius 1 is 1.24 bits per heavy atom. The smallest absolute Gasteiger partial charge is 0.137 e. The van der Waals surface area contributed by atoms with Gasteiger partial charge in [0.2, 0.25) is 0 Å². The maximum absolute atomic E-state index is 5.79. The van der Waals surface area contributed by atoms with Gasteiger partial charge in [-0.2, -0.15) is 0 Å². The zero-order valence-electron chi connectivity index (χ0n) is 10.1. The van der Waals surface area contributed by atoms with E-state index in [1.807, 2.05) is 18.2 Å². The van der Waals surface area contributed by atoms with E-state index in [1.54, 1.807) is 6.33 Å². The maximum Gasteiger partial charge on any atom is 0.137 e. The summed E-state index contributed by atoms with van der Waals surface area (Å²) in [5, 5.41) is 4.33. The molecule has 2 rings (SSSR count). The Labute approximate surface area is 101 Å². The van der Waals surface area contributed by atoms with Crippen LogP contribution in [0.15, 0.2) is 24.5 Å². The number of hydrogen-bond donors (Lipinski definition) is 2. The van der Waals surface area contributed by atoms with Crippen LogP contribution < -0.4 is 11.1 Å². The molecule has 0 amide bonds. The molecule has 4 nitrogen and oxygen atoms in total. The van der Waals surface area contributed by atoms with Crippen molar-refractivity contribution in [1.29, 1.82) is 0 Å². The maximum atomic E-state index is 5.79. The number of rotatable bonds is 5. The van der Waals surface area contributed by atoms with E-state index in [0.717, 1.165) is 35.4 Å². The molecule has 0 spiro atoms. The van der Waals surface area contributed by atoms with Gasteiger partial charge in [-0.15, -0.1) is 0 Å².